The van der Waals surface area contributed by atoms with Gasteiger partial charge in [-0.2, -0.15) is 21.6 Å². The summed E-state index contributed by atoms with van der Waals surface area (Å²) in [6, 6.07) is 0.163. The molecular formula is C8H16F3NO6SSi. The topological polar surface area (TPSA) is 90.9 Å². The fourth-order valence-electron chi connectivity index (χ4n) is 1.28. The number of amides is 1. The van der Waals surface area contributed by atoms with E-state index in [-0.39, 0.29) is 12.5 Å². The van der Waals surface area contributed by atoms with E-state index in [0.29, 0.717) is 0 Å². The molecule has 0 rings (SSSR count). The Morgan fingerprint density at radius 1 is 1.15 bits per heavy atom. The highest BCUT2D eigenvalue weighted by Gasteiger charge is 2.47. The van der Waals surface area contributed by atoms with Gasteiger partial charge in [-0.25, -0.2) is 4.72 Å². The SMILES string of the molecule is CO[Si](CCCC(=O)NS(=O)(=O)C(F)(F)F)(OC)OC. The van der Waals surface area contributed by atoms with E-state index in [4.69, 9.17) is 13.3 Å². The first-order chi connectivity index (χ1) is 9.03. The molecular weight excluding hydrogens is 323 g/mol. The summed E-state index contributed by atoms with van der Waals surface area (Å²) in [5.41, 5.74) is -5.52. The molecule has 0 aromatic heterocycles. The molecule has 12 heteroatoms. The van der Waals surface area contributed by atoms with Gasteiger partial charge in [-0.3, -0.25) is 4.79 Å². The second kappa shape index (κ2) is 7.35. The first-order valence-electron chi connectivity index (χ1n) is 5.31. The summed E-state index contributed by atoms with van der Waals surface area (Å²) in [6.45, 7) is 0. The first-order valence-corrected chi connectivity index (χ1v) is 8.72. The van der Waals surface area contributed by atoms with Crippen molar-refractivity contribution in [3.8, 4) is 0 Å². The van der Waals surface area contributed by atoms with Crippen molar-refractivity contribution in [2.45, 2.75) is 24.4 Å². The highest BCUT2D eigenvalue weighted by atomic mass is 32.2. The van der Waals surface area contributed by atoms with Gasteiger partial charge in [0.2, 0.25) is 5.91 Å². The van der Waals surface area contributed by atoms with Crippen molar-refractivity contribution in [3.63, 3.8) is 0 Å². The van der Waals surface area contributed by atoms with Crippen LogP contribution in [-0.2, 0) is 28.1 Å². The van der Waals surface area contributed by atoms with Crippen molar-refractivity contribution in [2.24, 2.45) is 0 Å². The van der Waals surface area contributed by atoms with E-state index >= 15 is 0 Å². The third-order valence-corrected chi connectivity index (χ3v) is 6.31. The van der Waals surface area contributed by atoms with E-state index in [1.807, 2.05) is 0 Å². The number of carbonyl (C=O) groups is 1. The molecule has 20 heavy (non-hydrogen) atoms. The molecule has 0 spiro atoms. The molecule has 0 aliphatic rings. The van der Waals surface area contributed by atoms with Crippen LogP contribution in [0.3, 0.4) is 0 Å². The van der Waals surface area contributed by atoms with Crippen LogP contribution in [0.1, 0.15) is 12.8 Å². The second-order valence-corrected chi connectivity index (χ2v) is 8.39. The molecule has 0 radical (unpaired) electrons. The normalized spacial score (nSPS) is 13.3. The molecule has 0 heterocycles. The standard InChI is InChI=1S/C8H16F3NO6SSi/c1-16-20(17-2,18-3)6-4-5-7(13)12-19(14,15)8(9,10)11/h4-6H2,1-3H3,(H,12,13). The summed E-state index contributed by atoms with van der Waals surface area (Å²) in [7, 11) is -4.57. The van der Waals surface area contributed by atoms with Crippen LogP contribution in [0.4, 0.5) is 13.2 Å². The zero-order valence-corrected chi connectivity index (χ0v) is 12.9. The average Bonchev–Trinajstić information content (AvgIpc) is 2.33. The predicted octanol–water partition coefficient (Wildman–Crippen LogP) is 0.611. The average molecular weight is 339 g/mol. The van der Waals surface area contributed by atoms with Crippen molar-refractivity contribution in [1.29, 1.82) is 0 Å². The zero-order valence-electron chi connectivity index (χ0n) is 11.1. The maximum Gasteiger partial charge on any atom is 0.516 e. The maximum atomic E-state index is 12.0. The predicted molar refractivity (Wildman–Crippen MR) is 63.9 cm³/mol. The monoisotopic (exact) mass is 339 g/mol. The Morgan fingerprint density at radius 2 is 1.60 bits per heavy atom. The zero-order chi connectivity index (χ0) is 16.0. The lowest BCUT2D eigenvalue weighted by Gasteiger charge is -2.24. The molecule has 0 fully saturated rings. The van der Waals surface area contributed by atoms with Crippen LogP contribution in [0.25, 0.3) is 0 Å². The number of hydrogen-bond acceptors (Lipinski definition) is 6. The van der Waals surface area contributed by atoms with Gasteiger partial charge in [0.1, 0.15) is 0 Å². The van der Waals surface area contributed by atoms with Gasteiger partial charge in [-0.15, -0.1) is 0 Å². The Balaban J connectivity index is 4.40. The van der Waals surface area contributed by atoms with E-state index in [2.05, 4.69) is 0 Å². The van der Waals surface area contributed by atoms with E-state index in [1.54, 1.807) is 0 Å². The van der Waals surface area contributed by atoms with Crippen LogP contribution >= 0.6 is 0 Å². The smallest absolute Gasteiger partial charge is 0.377 e. The summed E-state index contributed by atoms with van der Waals surface area (Å²) in [5, 5.41) is 0. The van der Waals surface area contributed by atoms with Gasteiger partial charge < -0.3 is 13.3 Å². The third-order valence-electron chi connectivity index (χ3n) is 2.37. The van der Waals surface area contributed by atoms with Gasteiger partial charge in [0.15, 0.2) is 0 Å². The highest BCUT2D eigenvalue weighted by molar-refractivity contribution is 7.90. The molecule has 0 unspecified atom stereocenters. The van der Waals surface area contributed by atoms with Gasteiger partial charge in [-0.05, 0) is 6.42 Å². The number of nitrogens with one attached hydrogen (secondary N) is 1. The largest absolute Gasteiger partial charge is 0.516 e. The molecule has 0 aliphatic heterocycles. The molecule has 0 aliphatic carbocycles. The van der Waals surface area contributed by atoms with Gasteiger partial charge in [0.25, 0.3) is 0 Å². The number of hydrogen-bond donors (Lipinski definition) is 1. The van der Waals surface area contributed by atoms with Crippen molar-refractivity contribution >= 4 is 24.7 Å². The van der Waals surface area contributed by atoms with Crippen molar-refractivity contribution in [3.05, 3.63) is 0 Å². The third kappa shape index (κ3) is 5.36. The quantitative estimate of drug-likeness (QED) is 0.652. The lowest BCUT2D eigenvalue weighted by molar-refractivity contribution is -0.120. The fourth-order valence-corrected chi connectivity index (χ4v) is 3.52. The first kappa shape index (κ1) is 19.3. The van der Waals surface area contributed by atoms with Crippen LogP contribution < -0.4 is 4.72 Å². The molecule has 120 valence electrons. The van der Waals surface area contributed by atoms with Crippen LogP contribution in [-0.4, -0.2) is 50.0 Å². The van der Waals surface area contributed by atoms with E-state index < -0.39 is 36.7 Å². The summed E-state index contributed by atoms with van der Waals surface area (Å²) < 4.78 is 73.4. The highest BCUT2D eigenvalue weighted by Crippen LogP contribution is 2.22. The molecule has 0 atom stereocenters. The minimum Gasteiger partial charge on any atom is -0.377 e. The van der Waals surface area contributed by atoms with Crippen LogP contribution in [0.5, 0.6) is 0 Å². The Kier molecular flexibility index (Phi) is 7.10. The minimum absolute atomic E-state index is 0.0565. The van der Waals surface area contributed by atoms with Crippen molar-refractivity contribution in [2.75, 3.05) is 21.3 Å². The summed E-state index contributed by atoms with van der Waals surface area (Å²) in [5.74, 6) is -1.26. The molecule has 1 amide bonds. The molecule has 1 N–H and O–H groups in total. The number of carbonyl (C=O) groups excluding carboxylic acids is 1. The van der Waals surface area contributed by atoms with Gasteiger partial charge in [-0.1, -0.05) is 0 Å². The minimum atomic E-state index is -5.66. The lowest BCUT2D eigenvalue weighted by Crippen LogP contribution is -2.43. The fraction of sp³-hybridized carbons (Fsp3) is 0.875. The Hall–Kier alpha value is -0.693. The molecule has 0 bridgehead atoms. The van der Waals surface area contributed by atoms with Crippen LogP contribution in [0.2, 0.25) is 6.04 Å². The number of alkyl halides is 3. The molecule has 0 aromatic carbocycles. The van der Waals surface area contributed by atoms with Gasteiger partial charge >= 0.3 is 24.3 Å². The van der Waals surface area contributed by atoms with Crippen molar-refractivity contribution < 1.29 is 39.7 Å². The Morgan fingerprint density at radius 3 is 1.95 bits per heavy atom. The summed E-state index contributed by atoms with van der Waals surface area (Å²) in [6.07, 6.45) is -0.374. The number of halogens is 3. The van der Waals surface area contributed by atoms with Crippen molar-refractivity contribution in [1.82, 2.24) is 4.72 Å². The van der Waals surface area contributed by atoms with Crippen LogP contribution in [0, 0.1) is 0 Å². The number of sulfonamides is 1. The van der Waals surface area contributed by atoms with E-state index in [9.17, 15) is 26.4 Å². The Bertz CT molecular complexity index is 414. The Labute approximate surface area is 115 Å². The molecule has 0 saturated heterocycles. The summed E-state index contributed by atoms with van der Waals surface area (Å²) in [4.78, 5) is 11.2. The summed E-state index contributed by atoms with van der Waals surface area (Å²) >= 11 is 0. The van der Waals surface area contributed by atoms with Crippen LogP contribution in [0.15, 0.2) is 0 Å². The molecule has 7 nitrogen and oxygen atoms in total. The van der Waals surface area contributed by atoms with Gasteiger partial charge in [0.05, 0.1) is 0 Å². The van der Waals surface area contributed by atoms with E-state index in [1.165, 1.54) is 21.3 Å². The maximum absolute atomic E-state index is 12.0. The molecule has 0 saturated carbocycles. The van der Waals surface area contributed by atoms with Gasteiger partial charge in [0, 0.05) is 33.8 Å². The lowest BCUT2D eigenvalue weighted by atomic mass is 10.3. The second-order valence-electron chi connectivity index (χ2n) is 3.62. The molecule has 0 aromatic rings. The van der Waals surface area contributed by atoms with E-state index in [0.717, 1.165) is 4.72 Å². The number of rotatable bonds is 8.